The van der Waals surface area contributed by atoms with Gasteiger partial charge in [0.15, 0.2) is 0 Å². The first kappa shape index (κ1) is 10.7. The molecule has 0 aliphatic heterocycles. The molecule has 0 saturated heterocycles. The third-order valence-electron chi connectivity index (χ3n) is 3.05. The van der Waals surface area contributed by atoms with Gasteiger partial charge in [0, 0.05) is 11.6 Å². The summed E-state index contributed by atoms with van der Waals surface area (Å²) in [7, 11) is 0. The summed E-state index contributed by atoms with van der Waals surface area (Å²) in [6, 6.07) is 8.01. The summed E-state index contributed by atoms with van der Waals surface area (Å²) >= 11 is 1.64. The van der Waals surface area contributed by atoms with Crippen LogP contribution in [0.5, 0.6) is 0 Å². The summed E-state index contributed by atoms with van der Waals surface area (Å²) in [4.78, 5) is 13.3. The van der Waals surface area contributed by atoms with Crippen LogP contribution in [0.1, 0.15) is 24.4 Å². The molecule has 4 heteroatoms. The molecular weight excluding hydrogens is 234 g/mol. The predicted molar refractivity (Wildman–Crippen MR) is 68.2 cm³/mol. The average Bonchev–Trinajstić information content (AvgIpc) is 3.03. The molecule has 1 N–H and O–H groups in total. The largest absolute Gasteiger partial charge is 0.391 e. The van der Waals surface area contributed by atoms with Crippen LogP contribution in [0.15, 0.2) is 34.4 Å². The van der Waals surface area contributed by atoms with Crippen molar-refractivity contribution in [3.63, 3.8) is 0 Å². The molecule has 3 rings (SSSR count). The topological polar surface area (TPSA) is 42.2 Å². The molecule has 2 heterocycles. The third kappa shape index (κ3) is 1.83. The van der Waals surface area contributed by atoms with Crippen molar-refractivity contribution in [2.45, 2.75) is 25.5 Å². The summed E-state index contributed by atoms with van der Waals surface area (Å²) < 4.78 is 1.84. The van der Waals surface area contributed by atoms with E-state index in [0.29, 0.717) is 11.6 Å². The molecular formula is C13H13NO2S. The Morgan fingerprint density at radius 3 is 2.76 bits per heavy atom. The molecule has 0 radical (unpaired) electrons. The molecule has 0 bridgehead atoms. The van der Waals surface area contributed by atoms with Crippen LogP contribution in [0.2, 0.25) is 0 Å². The van der Waals surface area contributed by atoms with E-state index in [1.165, 1.54) is 0 Å². The number of nitrogens with zero attached hydrogens (tertiary/aromatic N) is 1. The van der Waals surface area contributed by atoms with E-state index >= 15 is 0 Å². The first-order valence-corrected chi connectivity index (χ1v) is 6.58. The Morgan fingerprint density at radius 2 is 2.18 bits per heavy atom. The lowest BCUT2D eigenvalue weighted by atomic mass is 10.2. The van der Waals surface area contributed by atoms with Crippen LogP contribution >= 0.6 is 11.3 Å². The van der Waals surface area contributed by atoms with Gasteiger partial charge in [0.05, 0.1) is 17.2 Å². The van der Waals surface area contributed by atoms with Crippen molar-refractivity contribution < 1.29 is 5.11 Å². The van der Waals surface area contributed by atoms with Gasteiger partial charge in [-0.3, -0.25) is 4.79 Å². The molecule has 0 unspecified atom stereocenters. The van der Waals surface area contributed by atoms with Crippen molar-refractivity contribution >= 4 is 11.3 Å². The van der Waals surface area contributed by atoms with E-state index in [2.05, 4.69) is 0 Å². The highest BCUT2D eigenvalue weighted by Crippen LogP contribution is 2.38. The minimum absolute atomic E-state index is 0.0408. The highest BCUT2D eigenvalue weighted by molar-refractivity contribution is 7.13. The standard InChI is InChI=1S/C13H13NO2S/c15-8-9-3-6-11(12-2-1-7-17-12)14(13(9)16)10-4-5-10/h1-3,6-7,10,15H,4-5,8H2. The van der Waals surface area contributed by atoms with E-state index in [4.69, 9.17) is 5.11 Å². The van der Waals surface area contributed by atoms with E-state index in [9.17, 15) is 4.79 Å². The maximum atomic E-state index is 12.2. The summed E-state index contributed by atoms with van der Waals surface area (Å²) in [6.45, 7) is -0.184. The summed E-state index contributed by atoms with van der Waals surface area (Å²) in [5.41, 5.74) is 1.42. The van der Waals surface area contributed by atoms with Crippen LogP contribution in [-0.2, 0) is 6.61 Å². The maximum absolute atomic E-state index is 12.2. The average molecular weight is 247 g/mol. The van der Waals surface area contributed by atoms with Crippen molar-refractivity contribution in [3.05, 3.63) is 45.6 Å². The molecule has 88 valence electrons. The highest BCUT2D eigenvalue weighted by atomic mass is 32.1. The van der Waals surface area contributed by atoms with Gasteiger partial charge in [-0.15, -0.1) is 11.3 Å². The van der Waals surface area contributed by atoms with Gasteiger partial charge in [-0.2, -0.15) is 0 Å². The van der Waals surface area contributed by atoms with Gasteiger partial charge in [0.1, 0.15) is 0 Å². The number of rotatable bonds is 3. The van der Waals surface area contributed by atoms with E-state index in [1.807, 2.05) is 28.1 Å². The molecule has 0 aromatic carbocycles. The van der Waals surface area contributed by atoms with Crippen molar-refractivity contribution in [1.29, 1.82) is 0 Å². The SMILES string of the molecule is O=c1c(CO)ccc(-c2cccs2)n1C1CC1. The molecule has 1 aliphatic rings. The fourth-order valence-corrected chi connectivity index (χ4v) is 2.78. The fraction of sp³-hybridized carbons (Fsp3) is 0.308. The monoisotopic (exact) mass is 247 g/mol. The molecule has 1 saturated carbocycles. The van der Waals surface area contributed by atoms with Crippen LogP contribution in [0, 0.1) is 0 Å². The highest BCUT2D eigenvalue weighted by Gasteiger charge is 2.27. The molecule has 0 atom stereocenters. The Bertz CT molecular complexity index is 582. The van der Waals surface area contributed by atoms with E-state index in [0.717, 1.165) is 23.4 Å². The minimum Gasteiger partial charge on any atom is -0.391 e. The molecule has 2 aromatic rings. The van der Waals surface area contributed by atoms with Crippen LogP contribution in [0.3, 0.4) is 0 Å². The smallest absolute Gasteiger partial charge is 0.256 e. The van der Waals surface area contributed by atoms with Gasteiger partial charge in [-0.1, -0.05) is 6.07 Å². The first-order chi connectivity index (χ1) is 8.31. The second-order valence-corrected chi connectivity index (χ2v) is 5.23. The van der Waals surface area contributed by atoms with Gasteiger partial charge < -0.3 is 9.67 Å². The Hall–Kier alpha value is -1.39. The normalized spacial score (nSPS) is 15.1. The second-order valence-electron chi connectivity index (χ2n) is 4.29. The molecule has 17 heavy (non-hydrogen) atoms. The van der Waals surface area contributed by atoms with E-state index in [1.54, 1.807) is 17.4 Å². The number of aliphatic hydroxyl groups is 1. The van der Waals surface area contributed by atoms with Gasteiger partial charge >= 0.3 is 0 Å². The Balaban J connectivity index is 2.22. The zero-order valence-electron chi connectivity index (χ0n) is 9.30. The number of hydrogen-bond acceptors (Lipinski definition) is 3. The van der Waals surface area contributed by atoms with E-state index in [-0.39, 0.29) is 12.2 Å². The van der Waals surface area contributed by atoms with Gasteiger partial charge in [0.25, 0.3) is 5.56 Å². The van der Waals surface area contributed by atoms with Crippen molar-refractivity contribution in [3.8, 4) is 10.6 Å². The zero-order valence-corrected chi connectivity index (χ0v) is 10.1. The molecule has 2 aromatic heterocycles. The molecule has 1 fully saturated rings. The Labute approximate surface area is 103 Å². The van der Waals surface area contributed by atoms with Crippen LogP contribution in [0.4, 0.5) is 0 Å². The Kier molecular flexibility index (Phi) is 2.61. The minimum atomic E-state index is -0.184. The third-order valence-corrected chi connectivity index (χ3v) is 3.94. The second kappa shape index (κ2) is 4.13. The maximum Gasteiger partial charge on any atom is 0.256 e. The predicted octanol–water partition coefficient (Wildman–Crippen LogP) is 2.40. The van der Waals surface area contributed by atoms with Crippen LogP contribution < -0.4 is 5.56 Å². The molecule has 0 amide bonds. The van der Waals surface area contributed by atoms with Crippen LogP contribution in [0.25, 0.3) is 10.6 Å². The van der Waals surface area contributed by atoms with Crippen molar-refractivity contribution in [2.75, 3.05) is 0 Å². The van der Waals surface area contributed by atoms with Gasteiger partial charge in [-0.05, 0) is 36.4 Å². The zero-order chi connectivity index (χ0) is 11.8. The number of aliphatic hydroxyl groups excluding tert-OH is 1. The number of aromatic nitrogens is 1. The summed E-state index contributed by atoms with van der Waals surface area (Å²) in [5.74, 6) is 0. The van der Waals surface area contributed by atoms with Crippen molar-refractivity contribution in [2.24, 2.45) is 0 Å². The lowest BCUT2D eigenvalue weighted by Crippen LogP contribution is -2.24. The quantitative estimate of drug-likeness (QED) is 0.905. The lowest BCUT2D eigenvalue weighted by Gasteiger charge is -2.12. The van der Waals surface area contributed by atoms with E-state index < -0.39 is 0 Å². The Morgan fingerprint density at radius 1 is 1.35 bits per heavy atom. The van der Waals surface area contributed by atoms with Crippen molar-refractivity contribution in [1.82, 2.24) is 4.57 Å². The fourth-order valence-electron chi connectivity index (χ4n) is 2.04. The number of pyridine rings is 1. The first-order valence-electron chi connectivity index (χ1n) is 5.70. The number of hydrogen-bond donors (Lipinski definition) is 1. The molecule has 0 spiro atoms. The molecule has 3 nitrogen and oxygen atoms in total. The van der Waals surface area contributed by atoms with Gasteiger partial charge in [0.2, 0.25) is 0 Å². The summed E-state index contributed by atoms with van der Waals surface area (Å²) in [5, 5.41) is 11.2. The summed E-state index contributed by atoms with van der Waals surface area (Å²) in [6.07, 6.45) is 2.13. The number of thiophene rings is 1. The lowest BCUT2D eigenvalue weighted by molar-refractivity contribution is 0.279. The van der Waals surface area contributed by atoms with Crippen LogP contribution in [-0.4, -0.2) is 9.67 Å². The molecule has 1 aliphatic carbocycles. The van der Waals surface area contributed by atoms with Gasteiger partial charge in [-0.25, -0.2) is 0 Å².